The minimum atomic E-state index is 0.856. The summed E-state index contributed by atoms with van der Waals surface area (Å²) in [6.45, 7) is 2.29. The molecular weight excluding hydrogens is 272 g/mol. The number of aromatic amines is 2. The zero-order valence-electron chi connectivity index (χ0n) is 12.8. The van der Waals surface area contributed by atoms with E-state index < -0.39 is 0 Å². The summed E-state index contributed by atoms with van der Waals surface area (Å²) in [6, 6.07) is 2.26. The van der Waals surface area contributed by atoms with Gasteiger partial charge >= 0.3 is 0 Å². The molecule has 0 bridgehead atoms. The lowest BCUT2D eigenvalue weighted by molar-refractivity contribution is 0.470. The van der Waals surface area contributed by atoms with Crippen LogP contribution in [0.2, 0.25) is 0 Å². The molecule has 3 heterocycles. The summed E-state index contributed by atoms with van der Waals surface area (Å²) < 4.78 is 0. The molecule has 0 spiro atoms. The molecule has 4 heteroatoms. The summed E-state index contributed by atoms with van der Waals surface area (Å²) >= 11 is 0. The molecule has 22 heavy (non-hydrogen) atoms. The maximum absolute atomic E-state index is 4.60. The van der Waals surface area contributed by atoms with Crippen molar-refractivity contribution >= 4 is 16.6 Å². The number of aromatic nitrogens is 4. The Morgan fingerprint density at radius 2 is 2.18 bits per heavy atom. The van der Waals surface area contributed by atoms with Gasteiger partial charge in [-0.25, -0.2) is 4.98 Å². The highest BCUT2D eigenvalue weighted by Crippen LogP contribution is 2.34. The topological polar surface area (TPSA) is 57.4 Å². The fraction of sp³-hybridized carbons (Fsp3) is 0.333. The quantitative estimate of drug-likeness (QED) is 0.744. The van der Waals surface area contributed by atoms with Crippen molar-refractivity contribution in [3.05, 3.63) is 42.5 Å². The molecule has 4 rings (SSSR count). The Morgan fingerprint density at radius 1 is 1.23 bits per heavy atom. The number of nitrogens with zero attached hydrogens (tertiary/aromatic N) is 2. The maximum Gasteiger partial charge on any atom is 0.137 e. The van der Waals surface area contributed by atoms with Crippen LogP contribution in [0.4, 0.5) is 0 Å². The number of rotatable bonds is 3. The predicted molar refractivity (Wildman–Crippen MR) is 89.3 cm³/mol. The lowest BCUT2D eigenvalue weighted by atomic mass is 9.85. The molecule has 1 aliphatic carbocycles. The Balaban J connectivity index is 1.74. The molecule has 2 N–H and O–H groups in total. The number of fused-ring (bicyclic) bond motifs is 1. The first-order valence-electron chi connectivity index (χ1n) is 8.01. The predicted octanol–water partition coefficient (Wildman–Crippen LogP) is 4.55. The van der Waals surface area contributed by atoms with Crippen LogP contribution in [-0.2, 0) is 0 Å². The highest BCUT2D eigenvalue weighted by molar-refractivity contribution is 5.94. The van der Waals surface area contributed by atoms with Crippen LogP contribution in [0, 0.1) is 5.92 Å². The van der Waals surface area contributed by atoms with Crippen molar-refractivity contribution in [1.82, 2.24) is 20.2 Å². The molecule has 0 saturated heterocycles. The number of hydrogen-bond acceptors (Lipinski definition) is 2. The largest absolute Gasteiger partial charge is 0.346 e. The fourth-order valence-corrected chi connectivity index (χ4v) is 3.34. The van der Waals surface area contributed by atoms with Gasteiger partial charge in [0, 0.05) is 35.1 Å². The lowest BCUT2D eigenvalue weighted by Gasteiger charge is -2.20. The van der Waals surface area contributed by atoms with Gasteiger partial charge in [0.05, 0.1) is 6.20 Å². The van der Waals surface area contributed by atoms with E-state index in [1.807, 2.05) is 24.8 Å². The van der Waals surface area contributed by atoms with Gasteiger partial charge in [0.15, 0.2) is 0 Å². The summed E-state index contributed by atoms with van der Waals surface area (Å²) in [5.74, 6) is 0.856. The summed E-state index contributed by atoms with van der Waals surface area (Å²) in [7, 11) is 0. The zero-order chi connectivity index (χ0) is 14.9. The van der Waals surface area contributed by atoms with Gasteiger partial charge in [0.1, 0.15) is 5.65 Å². The smallest absolute Gasteiger partial charge is 0.137 e. The molecule has 1 atom stereocenters. The van der Waals surface area contributed by atoms with E-state index in [0.29, 0.717) is 0 Å². The van der Waals surface area contributed by atoms with E-state index in [1.54, 1.807) is 0 Å². The van der Waals surface area contributed by atoms with E-state index in [0.717, 1.165) is 34.5 Å². The van der Waals surface area contributed by atoms with Gasteiger partial charge in [-0.05, 0) is 42.4 Å². The van der Waals surface area contributed by atoms with Crippen LogP contribution in [0.3, 0.4) is 0 Å². The van der Waals surface area contributed by atoms with Gasteiger partial charge in [-0.2, -0.15) is 5.10 Å². The van der Waals surface area contributed by atoms with Crippen LogP contribution in [0.15, 0.2) is 36.9 Å². The van der Waals surface area contributed by atoms with Gasteiger partial charge in [0.2, 0.25) is 0 Å². The molecule has 0 aliphatic heterocycles. The van der Waals surface area contributed by atoms with E-state index in [4.69, 9.17) is 0 Å². The van der Waals surface area contributed by atoms with E-state index in [-0.39, 0.29) is 0 Å². The monoisotopic (exact) mass is 292 g/mol. The van der Waals surface area contributed by atoms with Crippen molar-refractivity contribution in [3.8, 4) is 11.1 Å². The number of allylic oxidation sites excluding steroid dienone is 2. The molecule has 1 unspecified atom stereocenters. The Labute approximate surface area is 129 Å². The third kappa shape index (κ3) is 2.25. The summed E-state index contributed by atoms with van der Waals surface area (Å²) in [4.78, 5) is 7.85. The minimum Gasteiger partial charge on any atom is -0.346 e. The van der Waals surface area contributed by atoms with Crippen LogP contribution in [-0.4, -0.2) is 20.2 Å². The summed E-state index contributed by atoms with van der Waals surface area (Å²) in [6.07, 6.45) is 15.1. The molecular formula is C18H20N4. The highest BCUT2D eigenvalue weighted by Gasteiger charge is 2.15. The Morgan fingerprint density at radius 3 is 2.91 bits per heavy atom. The third-order valence-corrected chi connectivity index (χ3v) is 4.81. The van der Waals surface area contributed by atoms with Crippen molar-refractivity contribution in [1.29, 1.82) is 0 Å². The van der Waals surface area contributed by atoms with Crippen molar-refractivity contribution in [2.75, 3.05) is 0 Å². The second-order valence-corrected chi connectivity index (χ2v) is 6.09. The van der Waals surface area contributed by atoms with E-state index in [1.165, 1.54) is 30.4 Å². The third-order valence-electron chi connectivity index (χ3n) is 4.81. The number of nitrogens with one attached hydrogen (secondary N) is 2. The lowest BCUT2D eigenvalue weighted by Crippen LogP contribution is -2.04. The number of H-pyrrole nitrogens is 2. The highest BCUT2D eigenvalue weighted by atomic mass is 15.1. The first-order valence-corrected chi connectivity index (χ1v) is 8.01. The molecule has 0 saturated carbocycles. The van der Waals surface area contributed by atoms with Crippen molar-refractivity contribution in [2.45, 2.75) is 32.6 Å². The zero-order valence-corrected chi connectivity index (χ0v) is 12.8. The standard InChI is InChI=1S/C18H20N4/c1-2-12-3-5-13(6-4-12)14-7-16-17(15-9-21-22-10-15)11-20-18(16)19-8-14/h5,7-12H,2-4,6H2,1H3,(H,19,20)(H,21,22). The van der Waals surface area contributed by atoms with Crippen molar-refractivity contribution in [3.63, 3.8) is 0 Å². The maximum atomic E-state index is 4.60. The molecule has 1 aliphatic rings. The fourth-order valence-electron chi connectivity index (χ4n) is 3.34. The van der Waals surface area contributed by atoms with Crippen molar-refractivity contribution < 1.29 is 0 Å². The van der Waals surface area contributed by atoms with Crippen LogP contribution >= 0.6 is 0 Å². The first-order chi connectivity index (χ1) is 10.8. The molecule has 0 radical (unpaired) electrons. The van der Waals surface area contributed by atoms with Crippen LogP contribution in [0.5, 0.6) is 0 Å². The van der Waals surface area contributed by atoms with Gasteiger partial charge < -0.3 is 4.98 Å². The molecule has 112 valence electrons. The van der Waals surface area contributed by atoms with Gasteiger partial charge in [0.25, 0.3) is 0 Å². The molecule has 0 amide bonds. The van der Waals surface area contributed by atoms with Gasteiger partial charge in [-0.1, -0.05) is 19.4 Å². The molecule has 0 fully saturated rings. The summed E-state index contributed by atoms with van der Waals surface area (Å²) in [5.41, 5.74) is 5.88. The van der Waals surface area contributed by atoms with Crippen LogP contribution < -0.4 is 0 Å². The Kier molecular flexibility index (Phi) is 3.29. The minimum absolute atomic E-state index is 0.856. The molecule has 4 nitrogen and oxygen atoms in total. The molecule has 3 aromatic heterocycles. The van der Waals surface area contributed by atoms with Crippen LogP contribution in [0.25, 0.3) is 27.7 Å². The molecule has 3 aromatic rings. The average Bonchev–Trinajstić information content (AvgIpc) is 3.23. The molecule has 0 aromatic carbocycles. The number of pyridine rings is 1. The Hall–Kier alpha value is -2.36. The SMILES string of the molecule is CCC1CC=C(c2cnc3[nH]cc(-c4cn[nH]c4)c3c2)CC1. The average molecular weight is 292 g/mol. The Bertz CT molecular complexity index is 811. The van der Waals surface area contributed by atoms with Crippen LogP contribution in [0.1, 0.15) is 38.2 Å². The van der Waals surface area contributed by atoms with Crippen molar-refractivity contribution in [2.24, 2.45) is 5.92 Å². The van der Waals surface area contributed by atoms with Gasteiger partial charge in [-0.3, -0.25) is 5.10 Å². The van der Waals surface area contributed by atoms with E-state index in [9.17, 15) is 0 Å². The number of hydrogen-bond donors (Lipinski definition) is 2. The van der Waals surface area contributed by atoms with E-state index >= 15 is 0 Å². The second kappa shape index (κ2) is 5.44. The van der Waals surface area contributed by atoms with E-state index in [2.05, 4.69) is 39.2 Å². The summed E-state index contributed by atoms with van der Waals surface area (Å²) in [5, 5.41) is 8.08. The van der Waals surface area contributed by atoms with Gasteiger partial charge in [-0.15, -0.1) is 0 Å². The first kappa shape index (κ1) is 13.3. The normalized spacial score (nSPS) is 18.6. The second-order valence-electron chi connectivity index (χ2n) is 6.09.